The number of carbonyl (C=O) groups is 2. The first-order chi connectivity index (χ1) is 12.1. The van der Waals surface area contributed by atoms with Crippen LogP contribution in [-0.2, 0) is 11.0 Å². The van der Waals surface area contributed by atoms with Crippen LogP contribution in [0, 0.1) is 6.92 Å². The van der Waals surface area contributed by atoms with Crippen molar-refractivity contribution >= 4 is 33.7 Å². The number of nitrogens with zero attached hydrogens (tertiary/aromatic N) is 1. The Hall–Kier alpha value is -2.42. The quantitative estimate of drug-likeness (QED) is 0.788. The number of methoxy groups -OCH3 is 1. The van der Waals surface area contributed by atoms with Crippen LogP contribution in [0.3, 0.4) is 0 Å². The van der Waals surface area contributed by atoms with Gasteiger partial charge in [-0.25, -0.2) is 0 Å². The van der Waals surface area contributed by atoms with Gasteiger partial charge < -0.3 is 14.7 Å². The van der Waals surface area contributed by atoms with Gasteiger partial charge in [0.1, 0.15) is 17.9 Å². The number of amides is 1. The van der Waals surface area contributed by atoms with E-state index in [1.807, 2.05) is 0 Å². The second-order valence-corrected chi connectivity index (χ2v) is 6.53. The molecule has 0 aromatic heterocycles. The Morgan fingerprint density at radius 3 is 2.35 bits per heavy atom. The predicted molar refractivity (Wildman–Crippen MR) is 91.8 cm³/mol. The average molecular weight is 387 g/mol. The molecule has 2 aromatic rings. The van der Waals surface area contributed by atoms with Gasteiger partial charge in [0.05, 0.1) is 7.11 Å². The molecule has 0 saturated carbocycles. The van der Waals surface area contributed by atoms with Crippen LogP contribution in [0.4, 0.5) is 18.0 Å². The van der Waals surface area contributed by atoms with Crippen LogP contribution in [0.2, 0.25) is 0 Å². The molecule has 2 rings (SSSR count). The molecule has 26 heavy (non-hydrogen) atoms. The molecule has 0 unspecified atom stereocenters. The van der Waals surface area contributed by atoms with Crippen LogP contribution in [0.15, 0.2) is 29.2 Å². The molecule has 0 aliphatic heterocycles. The van der Waals surface area contributed by atoms with Crippen molar-refractivity contribution in [3.8, 4) is 5.75 Å². The highest BCUT2D eigenvalue weighted by Crippen LogP contribution is 2.44. The number of carboxylic acid groups (broad SMARTS) is 1. The fourth-order valence-corrected chi connectivity index (χ4v) is 3.41. The van der Waals surface area contributed by atoms with Gasteiger partial charge >= 0.3 is 12.1 Å². The lowest BCUT2D eigenvalue weighted by molar-refractivity contribution is -0.138. The van der Waals surface area contributed by atoms with Crippen LogP contribution >= 0.6 is 11.8 Å². The lowest BCUT2D eigenvalue weighted by Crippen LogP contribution is -2.28. The van der Waals surface area contributed by atoms with Crippen LogP contribution in [0.5, 0.6) is 5.75 Å². The van der Waals surface area contributed by atoms with E-state index in [-0.39, 0.29) is 16.5 Å². The number of hydrogen-bond acceptors (Lipinski definition) is 4. The molecule has 0 radical (unpaired) electrons. The third-order valence-corrected chi connectivity index (χ3v) is 4.92. The molecule has 0 atom stereocenters. The Kier molecular flexibility index (Phi) is 5.70. The van der Waals surface area contributed by atoms with Crippen molar-refractivity contribution in [1.82, 2.24) is 4.90 Å². The summed E-state index contributed by atoms with van der Waals surface area (Å²) >= 11 is 0.698. The number of thioether (sulfide) groups is 1. The highest BCUT2D eigenvalue weighted by molar-refractivity contribution is 8.13. The Bertz CT molecular complexity index is 867. The zero-order chi connectivity index (χ0) is 19.6. The van der Waals surface area contributed by atoms with Gasteiger partial charge in [0.15, 0.2) is 0 Å². The minimum Gasteiger partial charge on any atom is -0.496 e. The van der Waals surface area contributed by atoms with E-state index in [1.165, 1.54) is 31.3 Å². The zero-order valence-electron chi connectivity index (χ0n) is 14.2. The molecular formula is C17H16F3NO4S. The predicted octanol–water partition coefficient (Wildman–Crippen LogP) is 4.40. The van der Waals surface area contributed by atoms with E-state index in [0.717, 1.165) is 12.0 Å². The van der Waals surface area contributed by atoms with Gasteiger partial charge in [0.25, 0.3) is 5.24 Å². The number of hydrogen-bond donors (Lipinski definition) is 1. The second-order valence-electron chi connectivity index (χ2n) is 5.57. The van der Waals surface area contributed by atoms with Gasteiger partial charge in [-0.2, -0.15) is 13.2 Å². The molecule has 1 amide bonds. The molecule has 9 heteroatoms. The maximum atomic E-state index is 13.5. The van der Waals surface area contributed by atoms with Gasteiger partial charge in [-0.1, -0.05) is 12.1 Å². The Labute approximate surface area is 151 Å². The molecule has 0 heterocycles. The van der Waals surface area contributed by atoms with Gasteiger partial charge in [-0.05, 0) is 47.2 Å². The minimum atomic E-state index is -4.63. The molecule has 0 saturated heterocycles. The van der Waals surface area contributed by atoms with Crippen molar-refractivity contribution < 1.29 is 32.6 Å². The Morgan fingerprint density at radius 1 is 1.19 bits per heavy atom. The minimum absolute atomic E-state index is 0.0846. The summed E-state index contributed by atoms with van der Waals surface area (Å²) in [6.07, 6.45) is -4.63. The third-order valence-electron chi connectivity index (χ3n) is 3.69. The van der Waals surface area contributed by atoms with Crippen LogP contribution in [0.25, 0.3) is 10.8 Å². The van der Waals surface area contributed by atoms with Crippen molar-refractivity contribution in [2.24, 2.45) is 0 Å². The molecule has 0 fully saturated rings. The van der Waals surface area contributed by atoms with Gasteiger partial charge in [-0.15, -0.1) is 0 Å². The molecule has 2 aromatic carbocycles. The summed E-state index contributed by atoms with van der Waals surface area (Å²) in [5.41, 5.74) is -0.302. The number of halogens is 3. The smallest absolute Gasteiger partial charge is 0.420 e. The maximum absolute atomic E-state index is 13.5. The Balaban J connectivity index is 2.59. The third kappa shape index (κ3) is 4.04. The molecule has 0 aliphatic carbocycles. The largest absolute Gasteiger partial charge is 0.496 e. The number of benzene rings is 2. The Morgan fingerprint density at radius 2 is 1.81 bits per heavy atom. The van der Waals surface area contributed by atoms with Gasteiger partial charge in [0.2, 0.25) is 0 Å². The first kappa shape index (κ1) is 19.9. The summed E-state index contributed by atoms with van der Waals surface area (Å²) in [6.45, 7) is 1.17. The van der Waals surface area contributed by atoms with E-state index in [4.69, 9.17) is 9.84 Å². The van der Waals surface area contributed by atoms with E-state index in [9.17, 15) is 22.8 Å². The number of carboxylic acids is 1. The van der Waals surface area contributed by atoms with Crippen molar-refractivity contribution in [2.45, 2.75) is 18.0 Å². The molecule has 5 nitrogen and oxygen atoms in total. The first-order valence-electron chi connectivity index (χ1n) is 7.38. The number of fused-ring (bicyclic) bond motifs is 1. The van der Waals surface area contributed by atoms with E-state index < -0.39 is 29.5 Å². The SMILES string of the molecule is COc1ccc2c(SC(=O)N(C)CC(=O)O)c(C)ccc2c1C(F)(F)F. The standard InChI is InChI=1S/C17H16F3NO4S/c1-9-4-5-10-11(6-7-12(25-3)14(10)17(18,19)20)15(9)26-16(24)21(2)8-13(22)23/h4-7H,8H2,1-3H3,(H,22,23). The number of likely N-dealkylation sites (N-methyl/N-ethyl adjacent to an activating group) is 1. The molecule has 0 bridgehead atoms. The lowest BCUT2D eigenvalue weighted by Gasteiger charge is -2.19. The van der Waals surface area contributed by atoms with E-state index >= 15 is 0 Å². The number of rotatable bonds is 4. The number of alkyl halides is 3. The van der Waals surface area contributed by atoms with Crippen LogP contribution in [0.1, 0.15) is 11.1 Å². The first-order valence-corrected chi connectivity index (χ1v) is 8.20. The highest BCUT2D eigenvalue weighted by Gasteiger charge is 2.36. The second kappa shape index (κ2) is 7.45. The number of aliphatic carboxylic acids is 1. The fourth-order valence-electron chi connectivity index (χ4n) is 2.50. The number of carbonyl (C=O) groups excluding carboxylic acids is 1. The summed E-state index contributed by atoms with van der Waals surface area (Å²) in [7, 11) is 2.47. The summed E-state index contributed by atoms with van der Waals surface area (Å²) in [4.78, 5) is 24.3. The van der Waals surface area contributed by atoms with Gasteiger partial charge in [-0.3, -0.25) is 9.59 Å². The van der Waals surface area contributed by atoms with Crippen LogP contribution in [-0.4, -0.2) is 41.9 Å². The van der Waals surface area contributed by atoms with E-state index in [0.29, 0.717) is 22.2 Å². The highest BCUT2D eigenvalue weighted by atomic mass is 32.2. The summed E-state index contributed by atoms with van der Waals surface area (Å²) < 4.78 is 45.4. The topological polar surface area (TPSA) is 66.8 Å². The van der Waals surface area contributed by atoms with Crippen molar-refractivity contribution in [3.63, 3.8) is 0 Å². The van der Waals surface area contributed by atoms with E-state index in [2.05, 4.69) is 0 Å². The maximum Gasteiger partial charge on any atom is 0.420 e. The number of ether oxygens (including phenoxy) is 1. The molecule has 0 spiro atoms. The zero-order valence-corrected chi connectivity index (χ0v) is 15.0. The summed E-state index contributed by atoms with van der Waals surface area (Å²) in [6, 6.07) is 5.50. The molecule has 140 valence electrons. The van der Waals surface area contributed by atoms with Crippen molar-refractivity contribution in [3.05, 3.63) is 35.4 Å². The van der Waals surface area contributed by atoms with E-state index in [1.54, 1.807) is 6.92 Å². The lowest BCUT2D eigenvalue weighted by atomic mass is 10.0. The van der Waals surface area contributed by atoms with Gasteiger partial charge in [0, 0.05) is 11.9 Å². The normalized spacial score (nSPS) is 11.5. The summed E-state index contributed by atoms with van der Waals surface area (Å²) in [5, 5.41) is 8.36. The number of aryl methyl sites for hydroxylation is 1. The molecule has 1 N–H and O–H groups in total. The fraction of sp³-hybridized carbons (Fsp3) is 0.294. The van der Waals surface area contributed by atoms with Crippen LogP contribution < -0.4 is 4.74 Å². The molecular weight excluding hydrogens is 371 g/mol. The average Bonchev–Trinajstić information content (AvgIpc) is 2.54. The van der Waals surface area contributed by atoms with Crippen molar-refractivity contribution in [1.29, 1.82) is 0 Å². The summed E-state index contributed by atoms with van der Waals surface area (Å²) in [5.74, 6) is -1.49. The van der Waals surface area contributed by atoms with Crippen molar-refractivity contribution in [2.75, 3.05) is 20.7 Å². The molecule has 0 aliphatic rings. The monoisotopic (exact) mass is 387 g/mol.